The fourth-order valence-electron chi connectivity index (χ4n) is 2.99. The lowest BCUT2D eigenvalue weighted by Crippen LogP contribution is -2.10. The highest BCUT2D eigenvalue weighted by Crippen LogP contribution is 2.29. The zero-order chi connectivity index (χ0) is 22.2. The molecule has 0 aliphatic heterocycles. The summed E-state index contributed by atoms with van der Waals surface area (Å²) in [5.74, 6) is -0.481. The second kappa shape index (κ2) is 7.78. The maximum Gasteiger partial charge on any atom is 0.417 e. The number of ether oxygens (including phenoxy) is 1. The number of para-hydroxylation sites is 2. The number of alkyl halides is 3. The van der Waals surface area contributed by atoms with Crippen LogP contribution in [0.1, 0.15) is 33.0 Å². The second-order valence-electron chi connectivity index (χ2n) is 6.78. The smallest absolute Gasteiger partial charge is 0.417 e. The number of halogens is 3. The molecule has 10 heteroatoms. The molecule has 0 aliphatic carbocycles. The topological polar surface area (TPSA) is 82.8 Å². The molecule has 4 aromatic rings. The highest BCUT2D eigenvalue weighted by Gasteiger charge is 2.31. The minimum absolute atomic E-state index is 0.0777. The van der Waals surface area contributed by atoms with Gasteiger partial charge < -0.3 is 4.74 Å². The summed E-state index contributed by atoms with van der Waals surface area (Å²) in [4.78, 5) is 25.3. The number of hydrogen-bond acceptors (Lipinski definition) is 6. The van der Waals surface area contributed by atoms with E-state index in [-0.39, 0.29) is 18.0 Å². The molecule has 0 saturated heterocycles. The average molecular weight is 427 g/mol. The van der Waals surface area contributed by atoms with Gasteiger partial charge in [0.05, 0.1) is 39.9 Å². The molecular formula is C21H16F3N5O2. The number of carbonyl (C=O) groups excluding carboxylic acids is 1. The van der Waals surface area contributed by atoms with Gasteiger partial charge in [-0.25, -0.2) is 24.4 Å². The van der Waals surface area contributed by atoms with Crippen LogP contribution in [-0.2, 0) is 17.5 Å². The summed E-state index contributed by atoms with van der Waals surface area (Å²) >= 11 is 0. The van der Waals surface area contributed by atoms with E-state index in [1.807, 2.05) is 24.3 Å². The van der Waals surface area contributed by atoms with E-state index in [9.17, 15) is 18.0 Å². The third-order valence-corrected chi connectivity index (χ3v) is 4.70. The number of benzene rings is 1. The van der Waals surface area contributed by atoms with Gasteiger partial charge >= 0.3 is 12.1 Å². The van der Waals surface area contributed by atoms with E-state index in [4.69, 9.17) is 4.74 Å². The predicted octanol–water partition coefficient (Wildman–Crippen LogP) is 4.20. The average Bonchev–Trinajstić information content (AvgIpc) is 3.13. The molecule has 158 valence electrons. The Morgan fingerprint density at radius 1 is 1.03 bits per heavy atom. The van der Waals surface area contributed by atoms with E-state index in [1.165, 1.54) is 16.9 Å². The van der Waals surface area contributed by atoms with Crippen LogP contribution >= 0.6 is 0 Å². The summed E-state index contributed by atoms with van der Waals surface area (Å²) in [6, 6.07) is 9.46. The number of carbonyl (C=O) groups is 1. The minimum Gasteiger partial charge on any atom is -0.455 e. The third kappa shape index (κ3) is 4.09. The molecule has 7 nitrogen and oxygen atoms in total. The number of aromatic nitrogens is 5. The second-order valence-corrected chi connectivity index (χ2v) is 6.78. The SMILES string of the molecule is Cc1nc2ccccc2nc1COC(=O)c1cnn(-c2ccc(C(F)(F)F)cn2)c1C. The first kappa shape index (κ1) is 20.5. The van der Waals surface area contributed by atoms with E-state index in [1.54, 1.807) is 13.8 Å². The van der Waals surface area contributed by atoms with Crippen molar-refractivity contribution >= 4 is 17.0 Å². The summed E-state index contributed by atoms with van der Waals surface area (Å²) in [6.45, 7) is 3.30. The fraction of sp³-hybridized carbons (Fsp3) is 0.190. The van der Waals surface area contributed by atoms with Gasteiger partial charge in [-0.05, 0) is 38.1 Å². The highest BCUT2D eigenvalue weighted by atomic mass is 19.4. The molecule has 0 fully saturated rings. The lowest BCUT2D eigenvalue weighted by Gasteiger charge is -2.09. The van der Waals surface area contributed by atoms with Gasteiger partial charge in [-0.15, -0.1) is 0 Å². The van der Waals surface area contributed by atoms with Crippen molar-refractivity contribution in [2.24, 2.45) is 0 Å². The molecule has 3 heterocycles. The molecule has 0 saturated carbocycles. The highest BCUT2D eigenvalue weighted by molar-refractivity contribution is 5.90. The Morgan fingerprint density at radius 2 is 1.74 bits per heavy atom. The molecule has 1 aromatic carbocycles. The molecule has 0 unspecified atom stereocenters. The molecule has 0 radical (unpaired) electrons. The van der Waals surface area contributed by atoms with E-state index >= 15 is 0 Å². The Balaban J connectivity index is 1.51. The van der Waals surface area contributed by atoms with E-state index < -0.39 is 17.7 Å². The fourth-order valence-corrected chi connectivity index (χ4v) is 2.99. The molecule has 31 heavy (non-hydrogen) atoms. The van der Waals surface area contributed by atoms with Crippen LogP contribution in [0.3, 0.4) is 0 Å². The molecule has 0 amide bonds. The van der Waals surface area contributed by atoms with Crippen molar-refractivity contribution in [1.29, 1.82) is 0 Å². The Hall–Kier alpha value is -3.82. The van der Waals surface area contributed by atoms with Gasteiger partial charge in [0.15, 0.2) is 5.82 Å². The molecular weight excluding hydrogens is 411 g/mol. The van der Waals surface area contributed by atoms with Crippen LogP contribution in [0.25, 0.3) is 16.9 Å². The number of rotatable bonds is 4. The van der Waals surface area contributed by atoms with Crippen molar-refractivity contribution < 1.29 is 22.7 Å². The standard InChI is InChI=1S/C21H16F3N5O2/c1-12-18(28-17-6-4-3-5-16(17)27-12)11-31-20(30)15-10-26-29(13(15)2)19-8-7-14(9-25-19)21(22,23)24/h3-10H,11H2,1-2H3. The molecule has 0 N–H and O–H groups in total. The third-order valence-electron chi connectivity index (χ3n) is 4.70. The van der Waals surface area contributed by atoms with Crippen LogP contribution in [-0.4, -0.2) is 30.7 Å². The van der Waals surface area contributed by atoms with E-state index in [0.29, 0.717) is 22.6 Å². The first-order valence-corrected chi connectivity index (χ1v) is 9.21. The Bertz CT molecular complexity index is 1270. The zero-order valence-electron chi connectivity index (χ0n) is 16.5. The molecule has 0 spiro atoms. The van der Waals surface area contributed by atoms with Gasteiger partial charge in [0.25, 0.3) is 0 Å². The summed E-state index contributed by atoms with van der Waals surface area (Å²) in [5.41, 5.74) is 2.31. The monoisotopic (exact) mass is 427 g/mol. The van der Waals surface area contributed by atoms with Gasteiger partial charge in [-0.3, -0.25) is 0 Å². The number of fused-ring (bicyclic) bond motifs is 1. The summed E-state index contributed by atoms with van der Waals surface area (Å²) < 4.78 is 44.8. The molecule has 0 bridgehead atoms. The lowest BCUT2D eigenvalue weighted by molar-refractivity contribution is -0.137. The van der Waals surface area contributed by atoms with Crippen molar-refractivity contribution in [3.63, 3.8) is 0 Å². The maximum atomic E-state index is 12.7. The summed E-state index contributed by atoms with van der Waals surface area (Å²) in [6.07, 6.45) is -2.48. The minimum atomic E-state index is -4.48. The Morgan fingerprint density at radius 3 is 2.39 bits per heavy atom. The largest absolute Gasteiger partial charge is 0.455 e. The van der Waals surface area contributed by atoms with Crippen molar-refractivity contribution in [2.75, 3.05) is 0 Å². The predicted molar refractivity (Wildman–Crippen MR) is 104 cm³/mol. The van der Waals surface area contributed by atoms with Crippen LogP contribution in [0, 0.1) is 13.8 Å². The normalized spacial score (nSPS) is 11.6. The summed E-state index contributed by atoms with van der Waals surface area (Å²) in [5, 5.41) is 4.06. The van der Waals surface area contributed by atoms with Crippen molar-refractivity contribution in [3.8, 4) is 5.82 Å². The van der Waals surface area contributed by atoms with Crippen LogP contribution < -0.4 is 0 Å². The van der Waals surface area contributed by atoms with Crippen molar-refractivity contribution in [2.45, 2.75) is 26.6 Å². The van der Waals surface area contributed by atoms with E-state index in [0.717, 1.165) is 17.8 Å². The molecule has 3 aromatic heterocycles. The zero-order valence-corrected chi connectivity index (χ0v) is 16.5. The number of hydrogen-bond donors (Lipinski definition) is 0. The quantitative estimate of drug-likeness (QED) is 0.454. The van der Waals surface area contributed by atoms with Crippen LogP contribution in [0.5, 0.6) is 0 Å². The first-order chi connectivity index (χ1) is 14.7. The number of pyridine rings is 1. The van der Waals surface area contributed by atoms with Gasteiger partial charge in [-0.2, -0.15) is 18.3 Å². The van der Waals surface area contributed by atoms with E-state index in [2.05, 4.69) is 20.1 Å². The molecule has 0 aliphatic rings. The van der Waals surface area contributed by atoms with Gasteiger partial charge in [0.1, 0.15) is 12.2 Å². The van der Waals surface area contributed by atoms with Crippen LogP contribution in [0.15, 0.2) is 48.8 Å². The number of esters is 1. The van der Waals surface area contributed by atoms with Crippen molar-refractivity contribution in [3.05, 3.63) is 77.0 Å². The first-order valence-electron chi connectivity index (χ1n) is 9.21. The van der Waals surface area contributed by atoms with Crippen molar-refractivity contribution in [1.82, 2.24) is 24.7 Å². The van der Waals surface area contributed by atoms with Gasteiger partial charge in [-0.1, -0.05) is 12.1 Å². The Kier molecular flexibility index (Phi) is 5.14. The summed E-state index contributed by atoms with van der Waals surface area (Å²) in [7, 11) is 0. The Labute approximate surface area is 174 Å². The number of nitrogens with zero attached hydrogens (tertiary/aromatic N) is 5. The maximum absolute atomic E-state index is 12.7. The van der Waals surface area contributed by atoms with Crippen LogP contribution in [0.4, 0.5) is 13.2 Å². The lowest BCUT2D eigenvalue weighted by atomic mass is 10.2. The van der Waals surface area contributed by atoms with Gasteiger partial charge in [0, 0.05) is 6.20 Å². The van der Waals surface area contributed by atoms with Crippen LogP contribution in [0.2, 0.25) is 0 Å². The number of aryl methyl sites for hydroxylation is 1. The van der Waals surface area contributed by atoms with Gasteiger partial charge in [0.2, 0.25) is 0 Å². The molecule has 0 atom stereocenters. The molecule has 4 rings (SSSR count).